The number of ether oxygens (including phenoxy) is 2. The molecule has 1 aliphatic heterocycles. The van der Waals surface area contributed by atoms with Gasteiger partial charge in [-0.3, -0.25) is 0 Å². The molecule has 1 fully saturated rings. The van der Waals surface area contributed by atoms with Crippen molar-refractivity contribution in [3.8, 4) is 5.75 Å². The first-order chi connectivity index (χ1) is 9.18. The van der Waals surface area contributed by atoms with Crippen LogP contribution in [0.5, 0.6) is 5.75 Å². The Morgan fingerprint density at radius 1 is 1.42 bits per heavy atom. The quantitative estimate of drug-likeness (QED) is 0.806. The molecule has 0 saturated carbocycles. The third kappa shape index (κ3) is 3.88. The van der Waals surface area contributed by atoms with Gasteiger partial charge in [-0.1, -0.05) is 6.07 Å². The van der Waals surface area contributed by atoms with Crippen molar-refractivity contribution in [1.29, 1.82) is 0 Å². The van der Waals surface area contributed by atoms with Gasteiger partial charge in [-0.15, -0.1) is 0 Å². The van der Waals surface area contributed by atoms with E-state index in [2.05, 4.69) is 5.32 Å². The minimum Gasteiger partial charge on any atom is -0.486 e. The van der Waals surface area contributed by atoms with Crippen LogP contribution >= 0.6 is 0 Å². The van der Waals surface area contributed by atoms with E-state index in [0.717, 1.165) is 19.4 Å². The van der Waals surface area contributed by atoms with Gasteiger partial charge in [-0.25, -0.2) is 8.78 Å². The van der Waals surface area contributed by atoms with Crippen molar-refractivity contribution in [2.45, 2.75) is 31.9 Å². The number of rotatable bonds is 6. The summed E-state index contributed by atoms with van der Waals surface area (Å²) in [5.41, 5.74) is 0. The lowest BCUT2D eigenvalue weighted by Gasteiger charge is -2.20. The van der Waals surface area contributed by atoms with Gasteiger partial charge in [0.2, 0.25) is 0 Å². The second-order valence-electron chi connectivity index (χ2n) is 4.69. The van der Waals surface area contributed by atoms with Gasteiger partial charge in [0.25, 0.3) is 0 Å². The molecule has 0 radical (unpaired) electrons. The standard InChI is InChI=1S/C14H19F2NO2/c1-10(13-6-3-8-18-13)17-7-9-19-14-11(15)4-2-5-12(14)16/h2,4-5,10,13,17H,3,6-9H2,1H3. The van der Waals surface area contributed by atoms with Crippen molar-refractivity contribution in [2.75, 3.05) is 19.8 Å². The zero-order valence-electron chi connectivity index (χ0n) is 11.0. The fraction of sp³-hybridized carbons (Fsp3) is 0.571. The summed E-state index contributed by atoms with van der Waals surface area (Å²) in [5, 5.41) is 3.24. The summed E-state index contributed by atoms with van der Waals surface area (Å²) in [6, 6.07) is 3.90. The summed E-state index contributed by atoms with van der Waals surface area (Å²) >= 11 is 0. The van der Waals surface area contributed by atoms with E-state index in [1.54, 1.807) is 0 Å². The first-order valence-electron chi connectivity index (χ1n) is 6.60. The third-order valence-corrected chi connectivity index (χ3v) is 3.26. The maximum atomic E-state index is 13.3. The van der Waals surface area contributed by atoms with Crippen LogP contribution in [-0.2, 0) is 4.74 Å². The van der Waals surface area contributed by atoms with Crippen LogP contribution in [0.1, 0.15) is 19.8 Å². The highest BCUT2D eigenvalue weighted by Gasteiger charge is 2.21. The van der Waals surface area contributed by atoms with Gasteiger partial charge in [-0.05, 0) is 31.9 Å². The summed E-state index contributed by atoms with van der Waals surface area (Å²) < 4.78 is 37.2. The minimum absolute atomic E-state index is 0.217. The van der Waals surface area contributed by atoms with Gasteiger partial charge in [0.05, 0.1) is 6.10 Å². The Hall–Kier alpha value is -1.20. The average molecular weight is 271 g/mol. The highest BCUT2D eigenvalue weighted by atomic mass is 19.1. The lowest BCUT2D eigenvalue weighted by molar-refractivity contribution is 0.0823. The van der Waals surface area contributed by atoms with Crippen LogP contribution in [0, 0.1) is 11.6 Å². The van der Waals surface area contributed by atoms with Gasteiger partial charge in [-0.2, -0.15) is 0 Å². The Bertz CT molecular complexity index is 388. The fourth-order valence-electron chi connectivity index (χ4n) is 2.19. The summed E-state index contributed by atoms with van der Waals surface area (Å²) in [7, 11) is 0. The maximum absolute atomic E-state index is 13.3. The van der Waals surface area contributed by atoms with Crippen molar-refractivity contribution in [3.05, 3.63) is 29.8 Å². The SMILES string of the molecule is CC(NCCOc1c(F)cccc1F)C1CCCO1. The predicted molar refractivity (Wildman–Crippen MR) is 68.3 cm³/mol. The van der Waals surface area contributed by atoms with Crippen LogP contribution in [0.15, 0.2) is 18.2 Å². The van der Waals surface area contributed by atoms with Gasteiger partial charge >= 0.3 is 0 Å². The van der Waals surface area contributed by atoms with Crippen molar-refractivity contribution in [2.24, 2.45) is 0 Å². The van der Waals surface area contributed by atoms with Gasteiger partial charge < -0.3 is 14.8 Å². The van der Waals surface area contributed by atoms with E-state index < -0.39 is 11.6 Å². The average Bonchev–Trinajstić information content (AvgIpc) is 2.91. The van der Waals surface area contributed by atoms with Crippen LogP contribution < -0.4 is 10.1 Å². The number of nitrogens with one attached hydrogen (secondary N) is 1. The Morgan fingerprint density at radius 3 is 2.79 bits per heavy atom. The lowest BCUT2D eigenvalue weighted by Crippen LogP contribution is -2.39. The first-order valence-corrected chi connectivity index (χ1v) is 6.60. The zero-order chi connectivity index (χ0) is 13.7. The molecule has 5 heteroatoms. The largest absolute Gasteiger partial charge is 0.486 e. The topological polar surface area (TPSA) is 30.5 Å². The smallest absolute Gasteiger partial charge is 0.190 e. The van der Waals surface area contributed by atoms with Crippen LogP contribution in [0.3, 0.4) is 0 Å². The lowest BCUT2D eigenvalue weighted by atomic mass is 10.1. The Labute approximate surface area is 111 Å². The number of halogens is 2. The van der Waals surface area contributed by atoms with Crippen LogP contribution in [0.25, 0.3) is 0 Å². The second kappa shape index (κ2) is 6.82. The molecule has 1 N–H and O–H groups in total. The van der Waals surface area contributed by atoms with Crippen molar-refractivity contribution < 1.29 is 18.3 Å². The molecular weight excluding hydrogens is 252 g/mol. The van der Waals surface area contributed by atoms with Gasteiger partial charge in [0, 0.05) is 19.2 Å². The van der Waals surface area contributed by atoms with E-state index in [4.69, 9.17) is 9.47 Å². The number of hydrogen-bond acceptors (Lipinski definition) is 3. The molecule has 1 aliphatic rings. The maximum Gasteiger partial charge on any atom is 0.190 e. The molecule has 0 spiro atoms. The number of benzene rings is 1. The van der Waals surface area contributed by atoms with E-state index in [9.17, 15) is 8.78 Å². The van der Waals surface area contributed by atoms with Crippen molar-refractivity contribution >= 4 is 0 Å². The molecule has 0 bridgehead atoms. The monoisotopic (exact) mass is 271 g/mol. The third-order valence-electron chi connectivity index (χ3n) is 3.26. The number of hydrogen-bond donors (Lipinski definition) is 1. The molecular formula is C14H19F2NO2. The van der Waals surface area contributed by atoms with E-state index in [0.29, 0.717) is 6.54 Å². The fourth-order valence-corrected chi connectivity index (χ4v) is 2.19. The molecule has 2 rings (SSSR count). The van der Waals surface area contributed by atoms with Crippen LogP contribution in [0.2, 0.25) is 0 Å². The molecule has 3 nitrogen and oxygen atoms in total. The Balaban J connectivity index is 1.71. The molecule has 1 aromatic carbocycles. The van der Waals surface area contributed by atoms with E-state index in [1.807, 2.05) is 6.92 Å². The molecule has 0 aliphatic carbocycles. The highest BCUT2D eigenvalue weighted by molar-refractivity contribution is 5.25. The molecule has 106 valence electrons. The van der Waals surface area contributed by atoms with E-state index in [1.165, 1.54) is 18.2 Å². The molecule has 1 saturated heterocycles. The van der Waals surface area contributed by atoms with Gasteiger partial charge in [0.1, 0.15) is 6.61 Å². The van der Waals surface area contributed by atoms with Crippen molar-refractivity contribution in [1.82, 2.24) is 5.32 Å². The number of para-hydroxylation sites is 1. The van der Waals surface area contributed by atoms with E-state index in [-0.39, 0.29) is 24.5 Å². The Morgan fingerprint density at radius 2 is 2.16 bits per heavy atom. The molecule has 2 atom stereocenters. The molecule has 2 unspecified atom stereocenters. The summed E-state index contributed by atoms with van der Waals surface area (Å²) in [5.74, 6) is -1.66. The normalized spacial score (nSPS) is 20.5. The second-order valence-corrected chi connectivity index (χ2v) is 4.69. The molecule has 19 heavy (non-hydrogen) atoms. The predicted octanol–water partition coefficient (Wildman–Crippen LogP) is 2.50. The summed E-state index contributed by atoms with van der Waals surface area (Å²) in [6.07, 6.45) is 2.37. The molecule has 1 aromatic rings. The molecule has 0 aromatic heterocycles. The van der Waals surface area contributed by atoms with E-state index >= 15 is 0 Å². The Kier molecular flexibility index (Phi) is 5.10. The van der Waals surface area contributed by atoms with Crippen LogP contribution in [-0.4, -0.2) is 31.9 Å². The highest BCUT2D eigenvalue weighted by Crippen LogP contribution is 2.20. The first kappa shape index (κ1) is 14.2. The summed E-state index contributed by atoms with van der Waals surface area (Å²) in [4.78, 5) is 0. The minimum atomic E-state index is -0.674. The zero-order valence-corrected chi connectivity index (χ0v) is 11.0. The molecule has 1 heterocycles. The van der Waals surface area contributed by atoms with Crippen molar-refractivity contribution in [3.63, 3.8) is 0 Å². The summed E-state index contributed by atoms with van der Waals surface area (Å²) in [6.45, 7) is 3.59. The van der Waals surface area contributed by atoms with Gasteiger partial charge in [0.15, 0.2) is 17.4 Å². The molecule has 0 amide bonds. The van der Waals surface area contributed by atoms with Crippen LogP contribution in [0.4, 0.5) is 8.78 Å².